The zero-order valence-electron chi connectivity index (χ0n) is 14.2. The number of methoxy groups -OCH3 is 2. The largest absolute Gasteiger partial charge is 0.497 e. The third kappa shape index (κ3) is 3.43. The predicted molar refractivity (Wildman–Crippen MR) is 89.8 cm³/mol. The number of ether oxygens (including phenoxy) is 2. The first-order valence-electron chi connectivity index (χ1n) is 7.81. The summed E-state index contributed by atoms with van der Waals surface area (Å²) in [7, 11) is 3.03. The highest BCUT2D eigenvalue weighted by atomic mass is 16.5. The standard InChI is InChI=1S/C18H23NO5/c1-13(14-6-4-7-15(11-14)24-3)10-16(20)19-9-5-8-18(19,12-23-2)17(21)22/h4,6-7,10-11H,5,8-9,12H2,1-3H3,(H,21,22)/b13-10+. The molecule has 1 fully saturated rings. The Morgan fingerprint density at radius 2 is 2.12 bits per heavy atom. The van der Waals surface area contributed by atoms with E-state index in [9.17, 15) is 14.7 Å². The molecule has 1 aromatic rings. The van der Waals surface area contributed by atoms with Crippen molar-refractivity contribution in [3.05, 3.63) is 35.9 Å². The first kappa shape index (κ1) is 18.0. The lowest BCUT2D eigenvalue weighted by atomic mass is 9.97. The van der Waals surface area contributed by atoms with Crippen molar-refractivity contribution in [1.82, 2.24) is 4.90 Å². The molecule has 1 amide bonds. The Morgan fingerprint density at radius 3 is 2.75 bits per heavy atom. The van der Waals surface area contributed by atoms with E-state index >= 15 is 0 Å². The number of hydrogen-bond donors (Lipinski definition) is 1. The van der Waals surface area contributed by atoms with Gasteiger partial charge in [-0.25, -0.2) is 4.79 Å². The Hall–Kier alpha value is -2.34. The SMILES string of the molecule is COCC1(C(=O)O)CCCN1C(=O)/C=C(\C)c1cccc(OC)c1. The number of amides is 1. The molecule has 6 nitrogen and oxygen atoms in total. The minimum absolute atomic E-state index is 0.0138. The van der Waals surface area contributed by atoms with Crippen LogP contribution < -0.4 is 4.74 Å². The van der Waals surface area contributed by atoms with Crippen LogP contribution in [0.1, 0.15) is 25.3 Å². The lowest BCUT2D eigenvalue weighted by molar-refractivity contribution is -0.158. The van der Waals surface area contributed by atoms with Crippen molar-refractivity contribution in [2.24, 2.45) is 0 Å². The molecule has 0 spiro atoms. The maximum absolute atomic E-state index is 12.7. The minimum atomic E-state index is -1.28. The van der Waals surface area contributed by atoms with E-state index in [2.05, 4.69) is 0 Å². The van der Waals surface area contributed by atoms with E-state index in [1.54, 1.807) is 7.11 Å². The van der Waals surface area contributed by atoms with E-state index in [0.717, 1.165) is 11.1 Å². The summed E-state index contributed by atoms with van der Waals surface area (Å²) in [5.41, 5.74) is 0.328. The molecule has 1 saturated heterocycles. The smallest absolute Gasteiger partial charge is 0.332 e. The second kappa shape index (κ2) is 7.49. The number of carboxylic acids is 1. The van der Waals surface area contributed by atoms with Crippen molar-refractivity contribution in [1.29, 1.82) is 0 Å². The van der Waals surface area contributed by atoms with Crippen molar-refractivity contribution in [2.45, 2.75) is 25.3 Å². The Kier molecular flexibility index (Phi) is 5.62. The van der Waals surface area contributed by atoms with Gasteiger partial charge in [0.1, 0.15) is 5.75 Å². The molecule has 6 heteroatoms. The highest BCUT2D eigenvalue weighted by Crippen LogP contribution is 2.31. The summed E-state index contributed by atoms with van der Waals surface area (Å²) < 4.78 is 10.3. The number of allylic oxidation sites excluding steroid dienone is 1. The van der Waals surface area contributed by atoms with Gasteiger partial charge in [0.2, 0.25) is 5.91 Å². The number of carboxylic acid groups (broad SMARTS) is 1. The Balaban J connectivity index is 2.27. The number of aliphatic carboxylic acids is 1. The van der Waals surface area contributed by atoms with Crippen molar-refractivity contribution < 1.29 is 24.2 Å². The second-order valence-electron chi connectivity index (χ2n) is 5.92. The molecule has 1 aromatic carbocycles. The average Bonchev–Trinajstić information content (AvgIpc) is 3.00. The van der Waals surface area contributed by atoms with Gasteiger partial charge in [-0.05, 0) is 43.0 Å². The number of benzene rings is 1. The molecule has 0 aromatic heterocycles. The van der Waals surface area contributed by atoms with Crippen LogP contribution in [0, 0.1) is 0 Å². The van der Waals surface area contributed by atoms with E-state index in [4.69, 9.17) is 9.47 Å². The molecular formula is C18H23NO5. The molecule has 0 aliphatic carbocycles. The first-order valence-corrected chi connectivity index (χ1v) is 7.81. The molecule has 1 atom stereocenters. The summed E-state index contributed by atoms with van der Waals surface area (Å²) >= 11 is 0. The average molecular weight is 333 g/mol. The van der Waals surface area contributed by atoms with Crippen LogP contribution in [-0.4, -0.2) is 54.8 Å². The molecule has 1 heterocycles. The number of rotatable bonds is 6. The fourth-order valence-electron chi connectivity index (χ4n) is 3.09. The molecule has 0 radical (unpaired) electrons. The Morgan fingerprint density at radius 1 is 1.38 bits per heavy atom. The Bertz CT molecular complexity index is 655. The quantitative estimate of drug-likeness (QED) is 0.808. The molecule has 24 heavy (non-hydrogen) atoms. The van der Waals surface area contributed by atoms with Gasteiger partial charge in [0, 0.05) is 19.7 Å². The van der Waals surface area contributed by atoms with Crippen molar-refractivity contribution in [2.75, 3.05) is 27.4 Å². The van der Waals surface area contributed by atoms with Gasteiger partial charge in [0.15, 0.2) is 5.54 Å². The van der Waals surface area contributed by atoms with E-state index in [1.165, 1.54) is 18.1 Å². The van der Waals surface area contributed by atoms with Crippen LogP contribution in [0.5, 0.6) is 5.75 Å². The van der Waals surface area contributed by atoms with Crippen LogP contribution in [-0.2, 0) is 14.3 Å². The van der Waals surface area contributed by atoms with E-state index in [-0.39, 0.29) is 12.5 Å². The van der Waals surface area contributed by atoms with Gasteiger partial charge >= 0.3 is 5.97 Å². The molecule has 1 aliphatic rings. The number of nitrogens with zero attached hydrogens (tertiary/aromatic N) is 1. The fraction of sp³-hybridized carbons (Fsp3) is 0.444. The number of carbonyl (C=O) groups is 2. The molecule has 1 N–H and O–H groups in total. The van der Waals surface area contributed by atoms with Gasteiger partial charge < -0.3 is 19.5 Å². The normalized spacial score (nSPS) is 21.0. The number of hydrogen-bond acceptors (Lipinski definition) is 4. The zero-order chi connectivity index (χ0) is 17.7. The highest BCUT2D eigenvalue weighted by Gasteiger charge is 2.49. The van der Waals surface area contributed by atoms with Gasteiger partial charge in [-0.15, -0.1) is 0 Å². The van der Waals surface area contributed by atoms with Crippen molar-refractivity contribution in [3.8, 4) is 5.75 Å². The van der Waals surface area contributed by atoms with E-state index in [1.807, 2.05) is 31.2 Å². The molecule has 2 rings (SSSR count). The first-order chi connectivity index (χ1) is 11.4. The van der Waals surface area contributed by atoms with Crippen molar-refractivity contribution in [3.63, 3.8) is 0 Å². The van der Waals surface area contributed by atoms with Crippen LogP contribution in [0.2, 0.25) is 0 Å². The molecule has 0 bridgehead atoms. The summed E-state index contributed by atoms with van der Waals surface area (Å²) in [5.74, 6) is -0.636. The van der Waals surface area contributed by atoms with Crippen LogP contribution >= 0.6 is 0 Å². The molecule has 0 saturated carbocycles. The van der Waals surface area contributed by atoms with E-state index < -0.39 is 11.5 Å². The molecule has 1 aliphatic heterocycles. The summed E-state index contributed by atoms with van der Waals surface area (Å²) in [6.45, 7) is 2.22. The minimum Gasteiger partial charge on any atom is -0.497 e. The summed E-state index contributed by atoms with van der Waals surface area (Å²) in [6, 6.07) is 7.39. The maximum atomic E-state index is 12.7. The lowest BCUT2D eigenvalue weighted by Crippen LogP contribution is -2.55. The van der Waals surface area contributed by atoms with Crippen LogP contribution in [0.25, 0.3) is 5.57 Å². The lowest BCUT2D eigenvalue weighted by Gasteiger charge is -2.33. The van der Waals surface area contributed by atoms with Crippen LogP contribution in [0.3, 0.4) is 0 Å². The topological polar surface area (TPSA) is 76.1 Å². The van der Waals surface area contributed by atoms with Crippen LogP contribution in [0.4, 0.5) is 0 Å². The maximum Gasteiger partial charge on any atom is 0.332 e. The number of likely N-dealkylation sites (tertiary alicyclic amines) is 1. The van der Waals surface area contributed by atoms with Crippen LogP contribution in [0.15, 0.2) is 30.3 Å². The predicted octanol–water partition coefficient (Wildman–Crippen LogP) is 2.19. The molecule has 1 unspecified atom stereocenters. The Labute approximate surface area is 141 Å². The fourth-order valence-corrected chi connectivity index (χ4v) is 3.09. The van der Waals surface area contributed by atoms with Gasteiger partial charge in [-0.2, -0.15) is 0 Å². The second-order valence-corrected chi connectivity index (χ2v) is 5.92. The third-order valence-electron chi connectivity index (χ3n) is 4.40. The van der Waals surface area contributed by atoms with Crippen molar-refractivity contribution >= 4 is 17.4 Å². The van der Waals surface area contributed by atoms with Gasteiger partial charge in [-0.3, -0.25) is 4.79 Å². The summed E-state index contributed by atoms with van der Waals surface area (Å²) in [6.07, 6.45) is 2.52. The monoisotopic (exact) mass is 333 g/mol. The zero-order valence-corrected chi connectivity index (χ0v) is 14.2. The van der Waals surface area contributed by atoms with E-state index in [0.29, 0.717) is 25.1 Å². The van der Waals surface area contributed by atoms with Gasteiger partial charge in [0.25, 0.3) is 0 Å². The summed E-state index contributed by atoms with van der Waals surface area (Å²) in [4.78, 5) is 25.8. The molecule has 130 valence electrons. The molecular weight excluding hydrogens is 310 g/mol. The number of carbonyl (C=O) groups excluding carboxylic acids is 1. The third-order valence-corrected chi connectivity index (χ3v) is 4.40. The van der Waals surface area contributed by atoms with Gasteiger partial charge in [0.05, 0.1) is 13.7 Å². The highest BCUT2D eigenvalue weighted by molar-refractivity contribution is 5.98. The summed E-state index contributed by atoms with van der Waals surface area (Å²) in [5, 5.41) is 9.62. The van der Waals surface area contributed by atoms with Gasteiger partial charge in [-0.1, -0.05) is 12.1 Å².